The van der Waals surface area contributed by atoms with Crippen molar-refractivity contribution in [1.82, 2.24) is 19.7 Å². The molecule has 0 fully saturated rings. The molecule has 4 rings (SSSR count). The van der Waals surface area contributed by atoms with Gasteiger partial charge in [-0.15, -0.1) is 0 Å². The number of hydrogen-bond acceptors (Lipinski definition) is 3. The molecule has 0 aliphatic heterocycles. The minimum atomic E-state index is -0.255. The Morgan fingerprint density at radius 2 is 1.76 bits per heavy atom. The van der Waals surface area contributed by atoms with Gasteiger partial charge in [0, 0.05) is 34.9 Å². The minimum Gasteiger partial charge on any atom is -0.354 e. The molecule has 1 atom stereocenters. The van der Waals surface area contributed by atoms with E-state index in [1.165, 1.54) is 4.68 Å². The fourth-order valence-corrected chi connectivity index (χ4v) is 4.25. The highest BCUT2D eigenvalue weighted by atomic mass is 35.5. The predicted octanol–water partition coefficient (Wildman–Crippen LogP) is 4.44. The molecule has 0 spiro atoms. The average molecular weight is 463 g/mol. The Kier molecular flexibility index (Phi) is 6.65. The summed E-state index contributed by atoms with van der Waals surface area (Å²) in [5.74, 6) is -0.0594. The van der Waals surface area contributed by atoms with Crippen LogP contribution in [0.2, 0.25) is 5.02 Å². The molecule has 0 radical (unpaired) electrons. The number of aryl methyl sites for hydroxylation is 2. The zero-order chi connectivity index (χ0) is 23.5. The summed E-state index contributed by atoms with van der Waals surface area (Å²) in [4.78, 5) is 25.7. The van der Waals surface area contributed by atoms with Crippen LogP contribution in [-0.4, -0.2) is 26.8 Å². The van der Waals surface area contributed by atoms with E-state index in [-0.39, 0.29) is 23.9 Å². The zero-order valence-corrected chi connectivity index (χ0v) is 19.8. The first-order valence-electron chi connectivity index (χ1n) is 11.0. The number of benzene rings is 2. The van der Waals surface area contributed by atoms with E-state index in [4.69, 9.17) is 11.6 Å². The third-order valence-corrected chi connectivity index (χ3v) is 6.38. The number of nitrogens with one attached hydrogen (secondary N) is 1. The van der Waals surface area contributed by atoms with E-state index >= 15 is 0 Å². The number of halogens is 1. The van der Waals surface area contributed by atoms with E-state index in [1.54, 1.807) is 6.20 Å². The topological polar surface area (TPSA) is 68.9 Å². The molecule has 0 saturated heterocycles. The summed E-state index contributed by atoms with van der Waals surface area (Å²) in [5, 5.41) is 9.29. The fourth-order valence-electron chi connectivity index (χ4n) is 4.13. The highest BCUT2D eigenvalue weighted by Crippen LogP contribution is 2.23. The number of nitrogens with zero attached hydrogens (tertiary/aromatic N) is 3. The number of carbonyl (C=O) groups is 1. The number of rotatable bonds is 7. The predicted molar refractivity (Wildman–Crippen MR) is 132 cm³/mol. The monoisotopic (exact) mass is 462 g/mol. The van der Waals surface area contributed by atoms with Crippen LogP contribution in [-0.2, 0) is 17.9 Å². The fraction of sp³-hybridized carbons (Fsp3) is 0.269. The second-order valence-corrected chi connectivity index (χ2v) is 8.83. The van der Waals surface area contributed by atoms with Gasteiger partial charge in [-0.1, -0.05) is 61.0 Å². The summed E-state index contributed by atoms with van der Waals surface area (Å²) >= 11 is 6.00. The van der Waals surface area contributed by atoms with Crippen molar-refractivity contribution in [3.05, 3.63) is 98.7 Å². The van der Waals surface area contributed by atoms with Crippen molar-refractivity contribution in [2.75, 3.05) is 6.54 Å². The molecule has 2 aromatic heterocycles. The lowest BCUT2D eigenvalue weighted by Crippen LogP contribution is -2.35. The Bertz CT molecular complexity index is 1340. The Labute approximate surface area is 197 Å². The Hall–Kier alpha value is -3.38. The molecule has 4 aromatic rings. The van der Waals surface area contributed by atoms with E-state index in [0.29, 0.717) is 23.5 Å². The maximum atomic E-state index is 13.2. The van der Waals surface area contributed by atoms with Gasteiger partial charge < -0.3 is 9.88 Å². The second-order valence-electron chi connectivity index (χ2n) is 8.40. The lowest BCUT2D eigenvalue weighted by atomic mass is 10.0. The molecule has 33 heavy (non-hydrogen) atoms. The average Bonchev–Trinajstić information content (AvgIpc) is 3.06. The number of amides is 1. The van der Waals surface area contributed by atoms with Gasteiger partial charge in [-0.2, -0.15) is 5.10 Å². The largest absolute Gasteiger partial charge is 0.354 e. The van der Waals surface area contributed by atoms with Crippen molar-refractivity contribution in [3.8, 4) is 0 Å². The van der Waals surface area contributed by atoms with Crippen LogP contribution in [0.5, 0.6) is 0 Å². The summed E-state index contributed by atoms with van der Waals surface area (Å²) in [7, 11) is 0. The normalized spacial score (nSPS) is 12.1. The van der Waals surface area contributed by atoms with Crippen LogP contribution in [0.3, 0.4) is 0 Å². The molecule has 1 amide bonds. The standard InChI is InChI=1S/C26H27ClN4O2/c1-17(21-7-5-4-6-8-21)13-28-24(32)16-31-26(33)25-19(3)30(18(2)23(25)14-29-31)15-20-9-11-22(27)12-10-20/h4-12,14,17H,13,15-16H2,1-3H3,(H,28,32). The van der Waals surface area contributed by atoms with E-state index in [0.717, 1.165) is 27.9 Å². The molecular weight excluding hydrogens is 436 g/mol. The smallest absolute Gasteiger partial charge is 0.276 e. The van der Waals surface area contributed by atoms with E-state index in [2.05, 4.69) is 21.9 Å². The Morgan fingerprint density at radius 1 is 1.06 bits per heavy atom. The maximum absolute atomic E-state index is 13.2. The van der Waals surface area contributed by atoms with Crippen molar-refractivity contribution in [2.45, 2.75) is 39.8 Å². The quantitative estimate of drug-likeness (QED) is 0.441. The summed E-state index contributed by atoms with van der Waals surface area (Å²) in [6.45, 7) is 6.97. The van der Waals surface area contributed by atoms with Crippen molar-refractivity contribution >= 4 is 28.3 Å². The summed E-state index contributed by atoms with van der Waals surface area (Å²) in [5.41, 5.74) is 3.81. The van der Waals surface area contributed by atoms with Gasteiger partial charge in [-0.3, -0.25) is 9.59 Å². The molecule has 2 aromatic carbocycles. The highest BCUT2D eigenvalue weighted by Gasteiger charge is 2.18. The molecule has 7 heteroatoms. The zero-order valence-electron chi connectivity index (χ0n) is 19.0. The first-order valence-corrected chi connectivity index (χ1v) is 11.3. The SMILES string of the molecule is Cc1c2cnn(CC(=O)NCC(C)c3ccccc3)c(=O)c2c(C)n1Cc1ccc(Cl)cc1. The highest BCUT2D eigenvalue weighted by molar-refractivity contribution is 6.30. The van der Waals surface area contributed by atoms with Crippen LogP contribution < -0.4 is 10.9 Å². The van der Waals surface area contributed by atoms with E-state index < -0.39 is 0 Å². The van der Waals surface area contributed by atoms with E-state index in [9.17, 15) is 9.59 Å². The molecule has 1 unspecified atom stereocenters. The van der Waals surface area contributed by atoms with Gasteiger partial charge in [0.1, 0.15) is 6.54 Å². The number of aromatic nitrogens is 3. The summed E-state index contributed by atoms with van der Waals surface area (Å²) in [6.07, 6.45) is 1.68. The van der Waals surface area contributed by atoms with Crippen LogP contribution >= 0.6 is 11.6 Å². The van der Waals surface area contributed by atoms with E-state index in [1.807, 2.05) is 68.4 Å². The van der Waals surface area contributed by atoms with Crippen LogP contribution in [0.15, 0.2) is 65.6 Å². The van der Waals surface area contributed by atoms with Gasteiger partial charge >= 0.3 is 0 Å². The second kappa shape index (κ2) is 9.63. The van der Waals surface area contributed by atoms with Crippen molar-refractivity contribution in [3.63, 3.8) is 0 Å². The first-order chi connectivity index (χ1) is 15.8. The molecule has 6 nitrogen and oxygen atoms in total. The number of carbonyl (C=O) groups excluding carboxylic acids is 1. The summed E-state index contributed by atoms with van der Waals surface area (Å²) in [6, 6.07) is 17.7. The first kappa shape index (κ1) is 22.8. The maximum Gasteiger partial charge on any atom is 0.276 e. The summed E-state index contributed by atoms with van der Waals surface area (Å²) < 4.78 is 3.34. The van der Waals surface area contributed by atoms with Crippen LogP contribution in [0.4, 0.5) is 0 Å². The van der Waals surface area contributed by atoms with Crippen LogP contribution in [0, 0.1) is 13.8 Å². The van der Waals surface area contributed by atoms with Crippen molar-refractivity contribution < 1.29 is 4.79 Å². The molecule has 0 bridgehead atoms. The molecule has 0 aliphatic rings. The third kappa shape index (κ3) is 4.86. The molecule has 2 heterocycles. The Balaban J connectivity index is 1.52. The van der Waals surface area contributed by atoms with Gasteiger partial charge in [0.25, 0.3) is 5.56 Å². The molecule has 1 N–H and O–H groups in total. The lowest BCUT2D eigenvalue weighted by Gasteiger charge is -2.13. The minimum absolute atomic E-state index is 0.114. The van der Waals surface area contributed by atoms with Crippen molar-refractivity contribution in [2.24, 2.45) is 0 Å². The van der Waals surface area contributed by atoms with Crippen LogP contribution in [0.25, 0.3) is 10.8 Å². The van der Waals surface area contributed by atoms with Gasteiger partial charge in [-0.25, -0.2) is 4.68 Å². The van der Waals surface area contributed by atoms with Gasteiger partial charge in [-0.05, 0) is 43.0 Å². The molecular formula is C26H27ClN4O2. The molecule has 0 aliphatic carbocycles. The van der Waals surface area contributed by atoms with Crippen LogP contribution in [0.1, 0.15) is 35.4 Å². The third-order valence-electron chi connectivity index (χ3n) is 6.13. The number of hydrogen-bond donors (Lipinski definition) is 1. The van der Waals surface area contributed by atoms with Gasteiger partial charge in [0.15, 0.2) is 0 Å². The number of fused-ring (bicyclic) bond motifs is 1. The van der Waals surface area contributed by atoms with Gasteiger partial charge in [0.2, 0.25) is 5.91 Å². The van der Waals surface area contributed by atoms with Gasteiger partial charge in [0.05, 0.1) is 11.6 Å². The Morgan fingerprint density at radius 3 is 2.45 bits per heavy atom. The van der Waals surface area contributed by atoms with Crippen molar-refractivity contribution in [1.29, 1.82) is 0 Å². The molecule has 0 saturated carbocycles. The molecule has 170 valence electrons. The lowest BCUT2D eigenvalue weighted by molar-refractivity contribution is -0.121.